The molecule has 2 aliphatic heterocycles. The number of nitrogens with zero attached hydrogens (tertiary/aromatic N) is 1. The number of aliphatic imine (C=N–C) groups is 1. The van der Waals surface area contributed by atoms with E-state index < -0.39 is 11.9 Å². The van der Waals surface area contributed by atoms with Crippen molar-refractivity contribution in [1.29, 1.82) is 0 Å². The van der Waals surface area contributed by atoms with Crippen LogP contribution in [0.5, 0.6) is 0 Å². The Morgan fingerprint density at radius 2 is 1.49 bits per heavy atom. The van der Waals surface area contributed by atoms with Gasteiger partial charge in [-0.3, -0.25) is 19.2 Å². The lowest BCUT2D eigenvalue weighted by atomic mass is 9.98. The van der Waals surface area contributed by atoms with Crippen molar-refractivity contribution in [2.45, 2.75) is 65.8 Å². The van der Waals surface area contributed by atoms with Crippen molar-refractivity contribution in [2.75, 3.05) is 0 Å². The summed E-state index contributed by atoms with van der Waals surface area (Å²) < 4.78 is 0. The molecular weight excluding hydrogens is 548 g/mol. The highest BCUT2D eigenvalue weighted by Gasteiger charge is 2.28. The highest BCUT2D eigenvalue weighted by atomic mass is 16.4. The number of carbonyl (C=O) groups is 4. The molecule has 0 radical (unpaired) electrons. The first-order valence-electron chi connectivity index (χ1n) is 14.0. The molecule has 224 valence electrons. The van der Waals surface area contributed by atoms with Gasteiger partial charge in [-0.25, -0.2) is 4.99 Å². The Kier molecular flexibility index (Phi) is 8.99. The van der Waals surface area contributed by atoms with Gasteiger partial charge in [0.1, 0.15) is 0 Å². The van der Waals surface area contributed by atoms with Gasteiger partial charge in [-0.1, -0.05) is 25.3 Å². The lowest BCUT2D eigenvalue weighted by Gasteiger charge is -2.12. The van der Waals surface area contributed by atoms with Crippen molar-refractivity contribution >= 4 is 41.6 Å². The number of nitrogens with one attached hydrogen (secondary N) is 3. The van der Waals surface area contributed by atoms with Crippen LogP contribution < -0.4 is 16.0 Å². The van der Waals surface area contributed by atoms with E-state index in [4.69, 9.17) is 0 Å². The first-order valence-corrected chi connectivity index (χ1v) is 14.0. The van der Waals surface area contributed by atoms with Crippen LogP contribution in [-0.2, 0) is 38.4 Å². The van der Waals surface area contributed by atoms with Gasteiger partial charge in [0.15, 0.2) is 0 Å². The molecule has 10 heteroatoms. The third kappa shape index (κ3) is 6.28. The Balaban J connectivity index is 1.87. The molecule has 4 rings (SSSR count). The van der Waals surface area contributed by atoms with E-state index in [1.165, 1.54) is 0 Å². The Morgan fingerprint density at radius 1 is 0.860 bits per heavy atom. The molecule has 2 aromatic rings. The number of carboxylic acid groups (broad SMARTS) is 2. The highest BCUT2D eigenvalue weighted by molar-refractivity contribution is 6.32. The largest absolute Gasteiger partial charge is 0.481 e. The second-order valence-corrected chi connectivity index (χ2v) is 10.8. The van der Waals surface area contributed by atoms with E-state index in [1.54, 1.807) is 25.2 Å². The van der Waals surface area contributed by atoms with Crippen LogP contribution in [0.25, 0.3) is 12.2 Å². The SMILES string of the molecule is C=CC1=C(C)C(=O)N=C1/C=c1/[nH]/c(=C\c2[nH]c(CC3NC(=O)C(C=C)=C3C)c(C)c2CCC(=O)O)c(CCC(=O)O)c1C. The normalized spacial score (nSPS) is 17.7. The average Bonchev–Trinajstić information content (AvgIpc) is 3.59. The monoisotopic (exact) mass is 584 g/mol. The number of rotatable bonds is 12. The quantitative estimate of drug-likeness (QED) is 0.257. The molecule has 5 N–H and O–H groups in total. The molecular formula is C33H36N4O6. The minimum absolute atomic E-state index is 0.0722. The second kappa shape index (κ2) is 12.5. The highest BCUT2D eigenvalue weighted by Crippen LogP contribution is 2.26. The molecule has 2 aromatic heterocycles. The molecule has 2 amide bonds. The predicted molar refractivity (Wildman–Crippen MR) is 164 cm³/mol. The zero-order chi connectivity index (χ0) is 31.6. The summed E-state index contributed by atoms with van der Waals surface area (Å²) in [6.45, 7) is 14.9. The van der Waals surface area contributed by atoms with Crippen molar-refractivity contribution in [3.63, 3.8) is 0 Å². The molecule has 0 aromatic carbocycles. The number of H-pyrrole nitrogens is 2. The summed E-state index contributed by atoms with van der Waals surface area (Å²) in [5.41, 5.74) is 7.95. The first-order chi connectivity index (χ1) is 20.4. The van der Waals surface area contributed by atoms with Crippen LogP contribution in [0.4, 0.5) is 0 Å². The summed E-state index contributed by atoms with van der Waals surface area (Å²) in [4.78, 5) is 58.6. The Morgan fingerprint density at radius 3 is 2.07 bits per heavy atom. The van der Waals surface area contributed by atoms with Crippen LogP contribution in [0.3, 0.4) is 0 Å². The zero-order valence-electron chi connectivity index (χ0n) is 24.8. The van der Waals surface area contributed by atoms with E-state index in [2.05, 4.69) is 33.4 Å². The van der Waals surface area contributed by atoms with E-state index in [0.29, 0.717) is 45.2 Å². The number of hydrogen-bond acceptors (Lipinski definition) is 4. The number of allylic oxidation sites excluding steroid dienone is 2. The molecule has 1 unspecified atom stereocenters. The van der Waals surface area contributed by atoms with Crippen molar-refractivity contribution < 1.29 is 29.4 Å². The minimum atomic E-state index is -0.934. The lowest BCUT2D eigenvalue weighted by Crippen LogP contribution is -2.30. The molecule has 0 fully saturated rings. The van der Waals surface area contributed by atoms with E-state index in [1.807, 2.05) is 26.8 Å². The minimum Gasteiger partial charge on any atom is -0.481 e. The van der Waals surface area contributed by atoms with E-state index in [0.717, 1.165) is 33.5 Å². The molecule has 10 nitrogen and oxygen atoms in total. The van der Waals surface area contributed by atoms with Gasteiger partial charge < -0.3 is 25.5 Å². The Hall–Kier alpha value is -4.99. The van der Waals surface area contributed by atoms with Gasteiger partial charge >= 0.3 is 11.9 Å². The van der Waals surface area contributed by atoms with Gasteiger partial charge in [-0.05, 0) is 80.5 Å². The fraction of sp³-hybridized carbons (Fsp3) is 0.303. The van der Waals surface area contributed by atoms with Crippen LogP contribution in [0, 0.1) is 13.8 Å². The molecule has 2 aliphatic rings. The van der Waals surface area contributed by atoms with Gasteiger partial charge in [-0.2, -0.15) is 0 Å². The van der Waals surface area contributed by atoms with E-state index in [9.17, 15) is 29.4 Å². The van der Waals surface area contributed by atoms with Crippen molar-refractivity contribution in [3.05, 3.63) is 91.9 Å². The number of aromatic nitrogens is 2. The summed E-state index contributed by atoms with van der Waals surface area (Å²) in [5.74, 6) is -2.36. The van der Waals surface area contributed by atoms with Crippen LogP contribution in [0.2, 0.25) is 0 Å². The summed E-state index contributed by atoms with van der Waals surface area (Å²) in [6, 6.07) is -0.233. The third-order valence-electron chi connectivity index (χ3n) is 8.25. The predicted octanol–water partition coefficient (Wildman–Crippen LogP) is 2.63. The molecule has 4 heterocycles. The maximum absolute atomic E-state index is 12.4. The molecule has 0 bridgehead atoms. The van der Waals surface area contributed by atoms with E-state index >= 15 is 0 Å². The van der Waals surface area contributed by atoms with Gasteiger partial charge in [0.05, 0.1) is 11.8 Å². The Bertz CT molecular complexity index is 1790. The van der Waals surface area contributed by atoms with Crippen LogP contribution in [-0.4, -0.2) is 55.7 Å². The van der Waals surface area contributed by atoms with Crippen molar-refractivity contribution in [3.8, 4) is 0 Å². The molecule has 0 aliphatic carbocycles. The number of aliphatic carboxylic acids is 2. The average molecular weight is 585 g/mol. The van der Waals surface area contributed by atoms with Gasteiger partial charge in [-0.15, -0.1) is 0 Å². The first kappa shape index (κ1) is 31.0. The molecule has 0 saturated carbocycles. The topological polar surface area (TPSA) is 165 Å². The fourth-order valence-electron chi connectivity index (χ4n) is 5.68. The van der Waals surface area contributed by atoms with Crippen LogP contribution >= 0.6 is 0 Å². The smallest absolute Gasteiger partial charge is 0.303 e. The summed E-state index contributed by atoms with van der Waals surface area (Å²) in [6.07, 6.45) is 7.62. The van der Waals surface area contributed by atoms with Crippen LogP contribution in [0.15, 0.2) is 52.6 Å². The zero-order valence-corrected chi connectivity index (χ0v) is 24.8. The second-order valence-electron chi connectivity index (χ2n) is 10.8. The molecule has 0 saturated heterocycles. The Labute approximate surface area is 249 Å². The van der Waals surface area contributed by atoms with Crippen molar-refractivity contribution in [1.82, 2.24) is 15.3 Å². The molecule has 0 spiro atoms. The standard InChI is InChI=1S/C33H36N4O6/c1-7-20-19(6)32(42)37-27(20)14-25-18(5)23(10-12-31(40)41)29(35-25)15-28-22(9-11-30(38)39)17(4)24(34-28)13-26-16(3)21(8-2)33(43)36-26/h7-8,14-15,26,34-35H,1-2,9-13H2,3-6H3,(H,36,43)(H,38,39)(H,40,41)/b25-14+,29-15-. The summed E-state index contributed by atoms with van der Waals surface area (Å²) in [7, 11) is 0. The summed E-state index contributed by atoms with van der Waals surface area (Å²) in [5, 5.41) is 23.2. The molecule has 43 heavy (non-hydrogen) atoms. The number of carboxylic acids is 2. The maximum Gasteiger partial charge on any atom is 0.303 e. The summed E-state index contributed by atoms with van der Waals surface area (Å²) >= 11 is 0. The number of aromatic amines is 2. The molecule has 1 atom stereocenters. The number of amides is 2. The third-order valence-corrected chi connectivity index (χ3v) is 8.25. The van der Waals surface area contributed by atoms with Gasteiger partial charge in [0, 0.05) is 58.1 Å². The van der Waals surface area contributed by atoms with Gasteiger partial charge in [0.2, 0.25) is 0 Å². The maximum atomic E-state index is 12.4. The number of carbonyl (C=O) groups excluding carboxylic acids is 2. The number of hydrogen-bond donors (Lipinski definition) is 5. The van der Waals surface area contributed by atoms with Crippen molar-refractivity contribution in [2.24, 2.45) is 4.99 Å². The van der Waals surface area contributed by atoms with Crippen LogP contribution in [0.1, 0.15) is 60.3 Å². The fourth-order valence-corrected chi connectivity index (χ4v) is 5.68. The lowest BCUT2D eigenvalue weighted by molar-refractivity contribution is -0.138. The van der Waals surface area contributed by atoms with E-state index in [-0.39, 0.29) is 43.5 Å². The van der Waals surface area contributed by atoms with Gasteiger partial charge in [0.25, 0.3) is 11.8 Å².